The molecule has 0 fully saturated rings. The predicted molar refractivity (Wildman–Crippen MR) is 99.0 cm³/mol. The molecular formula is C19H23ClN2O2. The van der Waals surface area contributed by atoms with Gasteiger partial charge in [-0.05, 0) is 30.5 Å². The number of aryl methyl sites for hydroxylation is 1. The maximum atomic E-state index is 11.9. The van der Waals surface area contributed by atoms with Crippen molar-refractivity contribution in [2.24, 2.45) is 0 Å². The van der Waals surface area contributed by atoms with Gasteiger partial charge in [0.15, 0.2) is 0 Å². The van der Waals surface area contributed by atoms with Crippen LogP contribution < -0.4 is 15.4 Å². The van der Waals surface area contributed by atoms with Gasteiger partial charge in [0.2, 0.25) is 5.91 Å². The molecule has 0 aliphatic heterocycles. The van der Waals surface area contributed by atoms with E-state index in [4.69, 9.17) is 16.3 Å². The minimum Gasteiger partial charge on any atom is -0.495 e. The molecule has 5 heteroatoms. The zero-order chi connectivity index (χ0) is 17.4. The molecule has 0 unspecified atom stereocenters. The number of halogens is 1. The van der Waals surface area contributed by atoms with E-state index < -0.39 is 0 Å². The van der Waals surface area contributed by atoms with Crippen LogP contribution in [0.3, 0.4) is 0 Å². The number of ether oxygens (including phenoxy) is 1. The molecule has 0 spiro atoms. The van der Waals surface area contributed by atoms with Gasteiger partial charge >= 0.3 is 0 Å². The largest absolute Gasteiger partial charge is 0.495 e. The lowest BCUT2D eigenvalue weighted by Crippen LogP contribution is -2.27. The average Bonchev–Trinajstić information content (AvgIpc) is 2.58. The van der Waals surface area contributed by atoms with Crippen LogP contribution in [-0.2, 0) is 11.2 Å². The van der Waals surface area contributed by atoms with E-state index in [1.54, 1.807) is 13.2 Å². The van der Waals surface area contributed by atoms with Crippen molar-refractivity contribution >= 4 is 23.2 Å². The number of hydrogen-bond donors (Lipinski definition) is 2. The minimum atomic E-state index is 0.0306. The number of methoxy groups -OCH3 is 1. The lowest BCUT2D eigenvalue weighted by Gasteiger charge is -2.13. The summed E-state index contributed by atoms with van der Waals surface area (Å²) in [5.41, 5.74) is 3.03. The summed E-state index contributed by atoms with van der Waals surface area (Å²) >= 11 is 6.08. The first-order chi connectivity index (χ1) is 11.6. The monoisotopic (exact) mass is 346 g/mol. The molecule has 24 heavy (non-hydrogen) atoms. The normalized spacial score (nSPS) is 10.3. The smallest absolute Gasteiger partial charge is 0.221 e. The van der Waals surface area contributed by atoms with Crippen LogP contribution in [0.5, 0.6) is 5.75 Å². The van der Waals surface area contributed by atoms with Gasteiger partial charge in [0, 0.05) is 30.6 Å². The molecule has 0 saturated carbocycles. The molecule has 0 radical (unpaired) electrons. The number of nitrogens with one attached hydrogen (secondary N) is 2. The van der Waals surface area contributed by atoms with Crippen LogP contribution in [0.2, 0.25) is 5.02 Å². The molecule has 4 nitrogen and oxygen atoms in total. The third-order valence-electron chi connectivity index (χ3n) is 3.73. The fraction of sp³-hybridized carbons (Fsp3) is 0.316. The highest BCUT2D eigenvalue weighted by molar-refractivity contribution is 6.31. The molecule has 0 atom stereocenters. The van der Waals surface area contributed by atoms with E-state index >= 15 is 0 Å². The third-order valence-corrected chi connectivity index (χ3v) is 4.13. The summed E-state index contributed by atoms with van der Waals surface area (Å²) in [5.74, 6) is 0.707. The Morgan fingerprint density at radius 1 is 1.17 bits per heavy atom. The predicted octanol–water partition coefficient (Wildman–Crippen LogP) is 3.82. The van der Waals surface area contributed by atoms with Gasteiger partial charge < -0.3 is 15.4 Å². The summed E-state index contributed by atoms with van der Waals surface area (Å²) in [6, 6.07) is 13.8. The fourth-order valence-electron chi connectivity index (χ4n) is 2.36. The Labute approximate surface area is 148 Å². The SMILES string of the molecule is COc1cc(Cl)c(C)cc1NCCC(=O)NCCc1ccccc1. The minimum absolute atomic E-state index is 0.0306. The standard InChI is InChI=1S/C19H23ClN2O2/c1-14-12-17(18(24-2)13-16(14)20)21-11-9-19(23)22-10-8-15-6-4-3-5-7-15/h3-7,12-13,21H,8-11H2,1-2H3,(H,22,23). The second-order valence-electron chi connectivity index (χ2n) is 5.56. The Bertz CT molecular complexity index is 675. The summed E-state index contributed by atoms with van der Waals surface area (Å²) in [6.45, 7) is 3.12. The van der Waals surface area contributed by atoms with Gasteiger partial charge in [0.25, 0.3) is 0 Å². The van der Waals surface area contributed by atoms with Crippen molar-refractivity contribution in [1.29, 1.82) is 0 Å². The van der Waals surface area contributed by atoms with E-state index in [1.165, 1.54) is 5.56 Å². The quantitative estimate of drug-likeness (QED) is 0.764. The molecule has 128 valence electrons. The number of hydrogen-bond acceptors (Lipinski definition) is 3. The van der Waals surface area contributed by atoms with Crippen LogP contribution in [-0.4, -0.2) is 26.1 Å². The van der Waals surface area contributed by atoms with Crippen LogP contribution >= 0.6 is 11.6 Å². The van der Waals surface area contributed by atoms with Gasteiger partial charge in [-0.2, -0.15) is 0 Å². The number of anilines is 1. The molecule has 0 bridgehead atoms. The number of carbonyl (C=O) groups excluding carboxylic acids is 1. The molecule has 2 rings (SSSR count). The first kappa shape index (κ1) is 18.1. The average molecular weight is 347 g/mol. The summed E-state index contributed by atoms with van der Waals surface area (Å²) in [7, 11) is 1.60. The molecule has 2 N–H and O–H groups in total. The highest BCUT2D eigenvalue weighted by atomic mass is 35.5. The van der Waals surface area contributed by atoms with Crippen LogP contribution in [0.25, 0.3) is 0 Å². The van der Waals surface area contributed by atoms with Gasteiger partial charge in [-0.3, -0.25) is 4.79 Å². The van der Waals surface area contributed by atoms with Crippen LogP contribution in [0, 0.1) is 6.92 Å². The van der Waals surface area contributed by atoms with E-state index in [2.05, 4.69) is 22.8 Å². The summed E-state index contributed by atoms with van der Waals surface area (Å²) < 4.78 is 5.31. The molecule has 0 aromatic heterocycles. The highest BCUT2D eigenvalue weighted by Gasteiger charge is 2.07. The Balaban J connectivity index is 1.73. The van der Waals surface area contributed by atoms with Crippen molar-refractivity contribution in [2.75, 3.05) is 25.5 Å². The Hall–Kier alpha value is -2.20. The Morgan fingerprint density at radius 2 is 1.92 bits per heavy atom. The van der Waals surface area contributed by atoms with Gasteiger partial charge in [-0.15, -0.1) is 0 Å². The van der Waals surface area contributed by atoms with E-state index in [-0.39, 0.29) is 5.91 Å². The number of carbonyl (C=O) groups is 1. The zero-order valence-electron chi connectivity index (χ0n) is 14.1. The second kappa shape index (κ2) is 9.18. The first-order valence-corrected chi connectivity index (χ1v) is 8.36. The van der Waals surface area contributed by atoms with E-state index in [9.17, 15) is 4.79 Å². The van der Waals surface area contributed by atoms with Crippen molar-refractivity contribution in [3.63, 3.8) is 0 Å². The third kappa shape index (κ3) is 5.46. The highest BCUT2D eigenvalue weighted by Crippen LogP contribution is 2.30. The van der Waals surface area contributed by atoms with Crippen molar-refractivity contribution in [3.05, 3.63) is 58.6 Å². The van der Waals surface area contributed by atoms with Crippen molar-refractivity contribution < 1.29 is 9.53 Å². The van der Waals surface area contributed by atoms with Crippen LogP contribution in [0.1, 0.15) is 17.5 Å². The van der Waals surface area contributed by atoms with Crippen molar-refractivity contribution in [1.82, 2.24) is 5.32 Å². The van der Waals surface area contributed by atoms with Crippen LogP contribution in [0.15, 0.2) is 42.5 Å². The second-order valence-corrected chi connectivity index (χ2v) is 5.97. The Morgan fingerprint density at radius 3 is 2.62 bits per heavy atom. The molecular weight excluding hydrogens is 324 g/mol. The molecule has 0 aliphatic rings. The molecule has 0 aliphatic carbocycles. The van der Waals surface area contributed by atoms with Gasteiger partial charge in [0.05, 0.1) is 12.8 Å². The van der Waals surface area contributed by atoms with Crippen LogP contribution in [0.4, 0.5) is 5.69 Å². The molecule has 0 heterocycles. The topological polar surface area (TPSA) is 50.4 Å². The van der Waals surface area contributed by atoms with E-state index in [0.29, 0.717) is 30.3 Å². The summed E-state index contributed by atoms with van der Waals surface area (Å²) in [4.78, 5) is 11.9. The lowest BCUT2D eigenvalue weighted by atomic mass is 10.1. The van der Waals surface area contributed by atoms with Crippen molar-refractivity contribution in [3.8, 4) is 5.75 Å². The molecule has 0 saturated heterocycles. The number of amides is 1. The summed E-state index contributed by atoms with van der Waals surface area (Å²) in [6.07, 6.45) is 1.24. The maximum absolute atomic E-state index is 11.9. The molecule has 2 aromatic carbocycles. The summed E-state index contributed by atoms with van der Waals surface area (Å²) in [5, 5.41) is 6.82. The fourth-order valence-corrected chi connectivity index (χ4v) is 2.51. The Kier molecular flexibility index (Phi) is 6.94. The molecule has 1 amide bonds. The number of rotatable bonds is 8. The van der Waals surface area contributed by atoms with Crippen molar-refractivity contribution in [2.45, 2.75) is 19.8 Å². The number of benzene rings is 2. The lowest BCUT2D eigenvalue weighted by molar-refractivity contribution is -0.120. The molecule has 2 aromatic rings. The van der Waals surface area contributed by atoms with Gasteiger partial charge in [-0.1, -0.05) is 41.9 Å². The van der Waals surface area contributed by atoms with Gasteiger partial charge in [-0.25, -0.2) is 0 Å². The zero-order valence-corrected chi connectivity index (χ0v) is 14.8. The first-order valence-electron chi connectivity index (χ1n) is 7.99. The van der Waals surface area contributed by atoms with E-state index in [0.717, 1.165) is 17.7 Å². The van der Waals surface area contributed by atoms with E-state index in [1.807, 2.05) is 31.2 Å². The van der Waals surface area contributed by atoms with Gasteiger partial charge in [0.1, 0.15) is 5.75 Å². The maximum Gasteiger partial charge on any atom is 0.221 e.